The van der Waals surface area contributed by atoms with E-state index in [-0.39, 0.29) is 31.9 Å². The molecular weight excluding hydrogens is 724 g/mol. The first-order chi connectivity index (χ1) is 20.8. The van der Waals surface area contributed by atoms with Crippen LogP contribution in [0.4, 0.5) is 0 Å². The molecule has 0 bridgehead atoms. The third kappa shape index (κ3) is 4.10. The van der Waals surface area contributed by atoms with Gasteiger partial charge in [-0.05, 0) is 34.9 Å². The van der Waals surface area contributed by atoms with Crippen molar-refractivity contribution in [3.8, 4) is 34.0 Å². The second-order valence-electron chi connectivity index (χ2n) is 12.2. The maximum absolute atomic E-state index is 6.45. The van der Waals surface area contributed by atoms with Gasteiger partial charge in [-0.1, -0.05) is 81.9 Å². The molecule has 7 aromatic rings. The number of ether oxygens (including phenoxy) is 1. The molecule has 5 nitrogen and oxygen atoms in total. The van der Waals surface area contributed by atoms with Crippen molar-refractivity contribution in [3.63, 3.8) is 0 Å². The maximum Gasteiger partial charge on any atom is 2.00 e. The maximum atomic E-state index is 6.45. The summed E-state index contributed by atoms with van der Waals surface area (Å²) in [4.78, 5) is 4.71. The second-order valence-corrected chi connectivity index (χ2v) is 12.2. The van der Waals surface area contributed by atoms with E-state index in [1.807, 2.05) is 48.8 Å². The molecule has 218 valence electrons. The quantitative estimate of drug-likeness (QED) is 0.169. The minimum atomic E-state index is -0.184. The Morgan fingerprint density at radius 3 is 2.30 bits per heavy atom. The summed E-state index contributed by atoms with van der Waals surface area (Å²) in [6.45, 7) is 9.24. The van der Waals surface area contributed by atoms with Gasteiger partial charge in [-0.25, -0.2) is 4.98 Å². The standard InChI is InChI=1S/C38H30N4O.Pt/c1-37(2)32-20-19-28(23-34(32)42-35(38(37,3)4)31(24-40-42)25-12-6-5-7-13-25)43-27-15-10-14-26(22-27)41-33-18-9-8-16-29(33)30-17-11-21-39-36(30)41;/h5-21,24H,1-4H3;/q-2;+2. The average Bonchev–Trinajstić information content (AvgIpc) is 3.62. The van der Waals surface area contributed by atoms with Gasteiger partial charge < -0.3 is 9.30 Å². The Bertz CT molecular complexity index is 2120. The smallest absolute Gasteiger partial charge is 0.509 e. The van der Waals surface area contributed by atoms with Crippen LogP contribution in [0.15, 0.2) is 109 Å². The molecule has 8 rings (SSSR count). The number of aromatic nitrogens is 4. The van der Waals surface area contributed by atoms with Crippen LogP contribution < -0.4 is 4.74 Å². The Balaban J connectivity index is 0.00000312. The minimum Gasteiger partial charge on any atom is -0.509 e. The van der Waals surface area contributed by atoms with Crippen molar-refractivity contribution in [1.82, 2.24) is 19.3 Å². The van der Waals surface area contributed by atoms with E-state index in [0.717, 1.165) is 44.4 Å². The van der Waals surface area contributed by atoms with E-state index in [4.69, 9.17) is 14.8 Å². The SMILES string of the molecule is CC1(C)c2ccc(Oc3[c-]c(-n4c5ccccc5c5cccnc54)ccc3)[c-]c2-n2ncc(-c3ccccc3)c2C1(C)C.[Pt+2]. The fourth-order valence-electron chi connectivity index (χ4n) is 6.56. The molecule has 0 saturated carbocycles. The molecule has 44 heavy (non-hydrogen) atoms. The van der Waals surface area contributed by atoms with Crippen molar-refractivity contribution in [2.45, 2.75) is 38.5 Å². The van der Waals surface area contributed by atoms with Gasteiger partial charge in [0.05, 0.1) is 17.4 Å². The molecule has 0 atom stereocenters. The number of hydrogen-bond donors (Lipinski definition) is 0. The predicted octanol–water partition coefficient (Wildman–Crippen LogP) is 8.99. The molecule has 6 heteroatoms. The van der Waals surface area contributed by atoms with Crippen molar-refractivity contribution in [2.24, 2.45) is 0 Å². The Morgan fingerprint density at radius 2 is 1.45 bits per heavy atom. The Kier molecular flexibility index (Phi) is 6.64. The molecule has 0 aliphatic carbocycles. The van der Waals surface area contributed by atoms with Crippen molar-refractivity contribution in [2.75, 3.05) is 0 Å². The molecule has 3 aromatic heterocycles. The minimum absolute atomic E-state index is 0. The zero-order valence-corrected chi connectivity index (χ0v) is 27.2. The first kappa shape index (κ1) is 28.3. The zero-order valence-electron chi connectivity index (χ0n) is 24.9. The molecule has 0 N–H and O–H groups in total. The number of para-hydroxylation sites is 1. The molecule has 0 spiro atoms. The van der Waals surface area contributed by atoms with Gasteiger partial charge >= 0.3 is 21.1 Å². The van der Waals surface area contributed by atoms with Crippen LogP contribution >= 0.6 is 0 Å². The fourth-order valence-corrected chi connectivity index (χ4v) is 6.56. The second kappa shape index (κ2) is 10.3. The van der Waals surface area contributed by atoms with E-state index < -0.39 is 0 Å². The molecule has 0 fully saturated rings. The fraction of sp³-hybridized carbons (Fsp3) is 0.158. The molecule has 1 aliphatic rings. The topological polar surface area (TPSA) is 44.9 Å². The summed E-state index contributed by atoms with van der Waals surface area (Å²) in [5.41, 5.74) is 8.07. The average molecular weight is 754 g/mol. The van der Waals surface area contributed by atoms with E-state index in [1.54, 1.807) is 0 Å². The molecule has 0 radical (unpaired) electrons. The molecule has 4 heterocycles. The van der Waals surface area contributed by atoms with Crippen molar-refractivity contribution in [1.29, 1.82) is 0 Å². The van der Waals surface area contributed by atoms with Gasteiger partial charge in [0.2, 0.25) is 0 Å². The van der Waals surface area contributed by atoms with Crippen LogP contribution in [0.3, 0.4) is 0 Å². The normalized spacial score (nSPS) is 14.5. The third-order valence-corrected chi connectivity index (χ3v) is 9.44. The van der Waals surface area contributed by atoms with Crippen molar-refractivity contribution >= 4 is 21.9 Å². The van der Waals surface area contributed by atoms with Gasteiger partial charge in [-0.3, -0.25) is 4.68 Å². The van der Waals surface area contributed by atoms with Crippen LogP contribution in [0.2, 0.25) is 0 Å². The number of pyridine rings is 1. The number of rotatable bonds is 4. The number of hydrogen-bond acceptors (Lipinski definition) is 3. The van der Waals surface area contributed by atoms with Crippen LogP contribution in [-0.4, -0.2) is 19.3 Å². The summed E-state index contributed by atoms with van der Waals surface area (Å²) in [5.74, 6) is 1.22. The predicted molar refractivity (Wildman–Crippen MR) is 171 cm³/mol. The monoisotopic (exact) mass is 753 g/mol. The summed E-state index contributed by atoms with van der Waals surface area (Å²) in [6.07, 6.45) is 3.81. The van der Waals surface area contributed by atoms with Gasteiger partial charge in [0.15, 0.2) is 0 Å². The number of nitrogens with zero attached hydrogens (tertiary/aromatic N) is 4. The van der Waals surface area contributed by atoms with E-state index in [1.165, 1.54) is 11.3 Å². The van der Waals surface area contributed by atoms with Crippen LogP contribution in [0.1, 0.15) is 39.0 Å². The van der Waals surface area contributed by atoms with E-state index in [9.17, 15) is 0 Å². The summed E-state index contributed by atoms with van der Waals surface area (Å²) in [6, 6.07) is 40.1. The van der Waals surface area contributed by atoms with Crippen molar-refractivity contribution < 1.29 is 25.8 Å². The molecule has 4 aromatic carbocycles. The van der Waals surface area contributed by atoms with E-state index in [2.05, 4.69) is 110 Å². The zero-order chi connectivity index (χ0) is 29.3. The molecule has 0 unspecified atom stereocenters. The third-order valence-electron chi connectivity index (χ3n) is 9.44. The van der Waals surface area contributed by atoms with Crippen LogP contribution in [0.5, 0.6) is 11.5 Å². The van der Waals surface area contributed by atoms with Crippen LogP contribution in [0, 0.1) is 12.1 Å². The van der Waals surface area contributed by atoms with Crippen molar-refractivity contribution in [3.05, 3.63) is 133 Å². The Hall–Kier alpha value is -4.47. The molecular formula is C38H30N4OPt. The summed E-state index contributed by atoms with van der Waals surface area (Å²) in [5, 5.41) is 7.17. The van der Waals surface area contributed by atoms with Gasteiger partial charge in [0.1, 0.15) is 5.65 Å². The Morgan fingerprint density at radius 1 is 0.705 bits per heavy atom. The summed E-state index contributed by atoms with van der Waals surface area (Å²) < 4.78 is 10.6. The summed E-state index contributed by atoms with van der Waals surface area (Å²) >= 11 is 0. The molecule has 0 amide bonds. The largest absolute Gasteiger partial charge is 2.00 e. The molecule has 0 saturated heterocycles. The first-order valence-corrected chi connectivity index (χ1v) is 14.6. The van der Waals surface area contributed by atoms with Gasteiger partial charge in [0.25, 0.3) is 0 Å². The number of fused-ring (bicyclic) bond motifs is 6. The van der Waals surface area contributed by atoms with Gasteiger partial charge in [-0.15, -0.1) is 35.9 Å². The molecule has 1 aliphatic heterocycles. The van der Waals surface area contributed by atoms with E-state index >= 15 is 0 Å². The van der Waals surface area contributed by atoms with E-state index in [0.29, 0.717) is 11.5 Å². The van der Waals surface area contributed by atoms with Crippen LogP contribution in [-0.2, 0) is 31.9 Å². The number of benzene rings is 4. The Labute approximate surface area is 271 Å². The van der Waals surface area contributed by atoms with Gasteiger partial charge in [-0.2, -0.15) is 17.2 Å². The first-order valence-electron chi connectivity index (χ1n) is 14.6. The van der Waals surface area contributed by atoms with Gasteiger partial charge in [0, 0.05) is 39.4 Å². The summed E-state index contributed by atoms with van der Waals surface area (Å²) in [7, 11) is 0. The van der Waals surface area contributed by atoms with Crippen LogP contribution in [0.25, 0.3) is 44.4 Å².